The van der Waals surface area contributed by atoms with E-state index in [4.69, 9.17) is 18.5 Å². The zero-order valence-electron chi connectivity index (χ0n) is 36.4. The van der Waals surface area contributed by atoms with Gasteiger partial charge in [-0.1, -0.05) is 167 Å². The number of esters is 2. The van der Waals surface area contributed by atoms with Crippen molar-refractivity contribution >= 4 is 19.8 Å². The van der Waals surface area contributed by atoms with Gasteiger partial charge in [-0.05, 0) is 44.9 Å². The fraction of sp³-hybridized carbons (Fsp3) is 0.867. The van der Waals surface area contributed by atoms with Crippen molar-refractivity contribution in [1.82, 2.24) is 0 Å². The number of allylic oxidation sites excluding steroid dienone is 4. The molecule has 0 aliphatic rings. The molecule has 324 valence electrons. The summed E-state index contributed by atoms with van der Waals surface area (Å²) in [5.41, 5.74) is 0. The highest BCUT2D eigenvalue weighted by Gasteiger charge is 2.21. The predicted molar refractivity (Wildman–Crippen MR) is 227 cm³/mol. The molecule has 0 bridgehead atoms. The SMILES string of the molecule is CCCCC/C=C/C/C=C/CCCCCCCCCC(=O)O[C@H](COC(=O)CCCCCCCCCCCCCCCC)COP(=O)([O-])OCC[N+](C)(C)C. The van der Waals surface area contributed by atoms with Crippen molar-refractivity contribution in [2.24, 2.45) is 0 Å². The summed E-state index contributed by atoms with van der Waals surface area (Å²) in [6, 6.07) is 0. The third-order valence-corrected chi connectivity index (χ3v) is 10.7. The lowest BCUT2D eigenvalue weighted by Gasteiger charge is -2.28. The van der Waals surface area contributed by atoms with Gasteiger partial charge in [-0.3, -0.25) is 14.2 Å². The highest BCUT2D eigenvalue weighted by atomic mass is 31.2. The lowest BCUT2D eigenvalue weighted by Crippen LogP contribution is -2.37. The van der Waals surface area contributed by atoms with Gasteiger partial charge in [0.05, 0.1) is 27.7 Å². The molecule has 2 atom stereocenters. The quantitative estimate of drug-likeness (QED) is 0.0198. The Balaban J connectivity index is 4.34. The number of ether oxygens (including phenoxy) is 2. The first kappa shape index (κ1) is 53.5. The Bertz CT molecular complexity index is 996. The van der Waals surface area contributed by atoms with E-state index in [1.54, 1.807) is 0 Å². The van der Waals surface area contributed by atoms with Crippen LogP contribution in [-0.4, -0.2) is 70.0 Å². The molecule has 0 N–H and O–H groups in total. The molecule has 0 aromatic heterocycles. The second kappa shape index (κ2) is 38.0. The molecule has 0 aromatic rings. The second-order valence-electron chi connectivity index (χ2n) is 16.4. The van der Waals surface area contributed by atoms with Crippen molar-refractivity contribution in [2.75, 3.05) is 47.5 Å². The number of carbonyl (C=O) groups is 2. The van der Waals surface area contributed by atoms with Crippen LogP contribution in [0, 0.1) is 0 Å². The first-order chi connectivity index (χ1) is 26.5. The molecule has 0 amide bonds. The Labute approximate surface area is 339 Å². The van der Waals surface area contributed by atoms with Gasteiger partial charge < -0.3 is 27.9 Å². The lowest BCUT2D eigenvalue weighted by molar-refractivity contribution is -0.870. The zero-order valence-corrected chi connectivity index (χ0v) is 37.3. The number of phosphoric ester groups is 1. The molecule has 10 heteroatoms. The number of likely N-dealkylation sites (N-methyl/N-ethyl adjacent to an activating group) is 1. The Morgan fingerprint density at radius 3 is 1.47 bits per heavy atom. The zero-order chi connectivity index (χ0) is 40.7. The molecule has 1 unspecified atom stereocenters. The van der Waals surface area contributed by atoms with E-state index < -0.39 is 26.5 Å². The van der Waals surface area contributed by atoms with Crippen LogP contribution in [0.3, 0.4) is 0 Å². The molecule has 0 aliphatic carbocycles. The van der Waals surface area contributed by atoms with Gasteiger partial charge in [0, 0.05) is 12.8 Å². The lowest BCUT2D eigenvalue weighted by atomic mass is 10.0. The molecule has 55 heavy (non-hydrogen) atoms. The van der Waals surface area contributed by atoms with Crippen molar-refractivity contribution < 1.29 is 42.1 Å². The number of quaternary nitrogens is 1. The number of phosphoric acid groups is 1. The fourth-order valence-electron chi connectivity index (χ4n) is 6.16. The minimum Gasteiger partial charge on any atom is -0.756 e. The standard InChI is InChI=1S/C45H86NO8P/c1-6-8-10-12-14-16-18-20-22-23-24-26-28-30-32-34-36-38-45(48)54-43(42-53-55(49,50)52-40-39-46(3,4)5)41-51-44(47)37-35-33-31-29-27-25-21-19-17-15-13-11-9-7-2/h14,16,20,22,43H,6-13,15,17-19,21,23-42H2,1-5H3/b16-14+,22-20+/t43-/m1/s1. The summed E-state index contributed by atoms with van der Waals surface area (Å²) in [4.78, 5) is 37.5. The number of nitrogens with zero attached hydrogens (tertiary/aromatic N) is 1. The van der Waals surface area contributed by atoms with E-state index in [9.17, 15) is 19.0 Å². The second-order valence-corrected chi connectivity index (χ2v) is 17.8. The first-order valence-electron chi connectivity index (χ1n) is 22.5. The molecule has 0 rings (SSSR count). The average molecular weight is 800 g/mol. The first-order valence-corrected chi connectivity index (χ1v) is 24.0. The van der Waals surface area contributed by atoms with E-state index in [2.05, 4.69) is 38.2 Å². The van der Waals surface area contributed by atoms with Crippen molar-refractivity contribution in [2.45, 2.75) is 206 Å². The molecule has 0 fully saturated rings. The van der Waals surface area contributed by atoms with Gasteiger partial charge in [-0.15, -0.1) is 0 Å². The van der Waals surface area contributed by atoms with E-state index >= 15 is 0 Å². The largest absolute Gasteiger partial charge is 0.756 e. The highest BCUT2D eigenvalue weighted by molar-refractivity contribution is 7.45. The molecule has 0 saturated heterocycles. The van der Waals surface area contributed by atoms with Gasteiger partial charge in [0.2, 0.25) is 0 Å². The minimum atomic E-state index is -4.62. The van der Waals surface area contributed by atoms with Crippen LogP contribution in [0.1, 0.15) is 200 Å². The van der Waals surface area contributed by atoms with Crippen molar-refractivity contribution in [3.8, 4) is 0 Å². The molecule has 0 heterocycles. The molecular formula is C45H86NO8P. The third-order valence-electron chi connectivity index (χ3n) is 9.72. The predicted octanol–water partition coefficient (Wildman–Crippen LogP) is 12.1. The summed E-state index contributed by atoms with van der Waals surface area (Å²) in [5, 5.41) is 0. The molecule has 0 radical (unpaired) electrons. The van der Waals surface area contributed by atoms with Gasteiger partial charge in [-0.25, -0.2) is 0 Å². The fourth-order valence-corrected chi connectivity index (χ4v) is 6.88. The molecule has 0 aliphatic heterocycles. The Morgan fingerprint density at radius 2 is 0.982 bits per heavy atom. The molecule has 0 aromatic carbocycles. The van der Waals surface area contributed by atoms with Crippen LogP contribution in [0.25, 0.3) is 0 Å². The maximum atomic E-state index is 12.7. The van der Waals surface area contributed by atoms with Crippen molar-refractivity contribution in [3.05, 3.63) is 24.3 Å². The van der Waals surface area contributed by atoms with Crippen LogP contribution in [0.2, 0.25) is 0 Å². The summed E-state index contributed by atoms with van der Waals surface area (Å²) in [5.74, 6) is -0.836. The van der Waals surface area contributed by atoms with E-state index in [0.29, 0.717) is 17.4 Å². The average Bonchev–Trinajstić information content (AvgIpc) is 3.13. The molecule has 0 saturated carbocycles. The smallest absolute Gasteiger partial charge is 0.306 e. The summed E-state index contributed by atoms with van der Waals surface area (Å²) < 4.78 is 33.9. The van der Waals surface area contributed by atoms with Crippen LogP contribution in [0.4, 0.5) is 0 Å². The third kappa shape index (κ3) is 41.9. The van der Waals surface area contributed by atoms with Gasteiger partial charge in [0.1, 0.15) is 19.8 Å². The Morgan fingerprint density at radius 1 is 0.564 bits per heavy atom. The summed E-state index contributed by atoms with van der Waals surface area (Å²) in [6.07, 6.45) is 40.5. The summed E-state index contributed by atoms with van der Waals surface area (Å²) >= 11 is 0. The van der Waals surface area contributed by atoms with Crippen LogP contribution in [-0.2, 0) is 32.7 Å². The number of carbonyl (C=O) groups excluding carboxylic acids is 2. The van der Waals surface area contributed by atoms with Crippen molar-refractivity contribution in [1.29, 1.82) is 0 Å². The van der Waals surface area contributed by atoms with E-state index in [1.807, 2.05) is 21.1 Å². The number of hydrogen-bond acceptors (Lipinski definition) is 8. The van der Waals surface area contributed by atoms with E-state index in [-0.39, 0.29) is 32.0 Å². The van der Waals surface area contributed by atoms with E-state index in [0.717, 1.165) is 51.4 Å². The summed E-state index contributed by atoms with van der Waals surface area (Å²) in [6.45, 7) is 4.21. The highest BCUT2D eigenvalue weighted by Crippen LogP contribution is 2.38. The summed E-state index contributed by atoms with van der Waals surface area (Å²) in [7, 11) is 1.17. The number of unbranched alkanes of at least 4 members (excludes halogenated alkanes) is 23. The maximum Gasteiger partial charge on any atom is 0.306 e. The van der Waals surface area contributed by atoms with Crippen LogP contribution < -0.4 is 4.89 Å². The Kier molecular flexibility index (Phi) is 37.0. The van der Waals surface area contributed by atoms with Crippen LogP contribution in [0.15, 0.2) is 24.3 Å². The monoisotopic (exact) mass is 800 g/mol. The number of rotatable bonds is 41. The number of hydrogen-bond donors (Lipinski definition) is 0. The van der Waals surface area contributed by atoms with Crippen molar-refractivity contribution in [3.63, 3.8) is 0 Å². The van der Waals surface area contributed by atoms with Crippen LogP contribution >= 0.6 is 7.82 Å². The maximum absolute atomic E-state index is 12.7. The molecular weight excluding hydrogens is 713 g/mol. The van der Waals surface area contributed by atoms with Crippen LogP contribution in [0.5, 0.6) is 0 Å². The Hall–Kier alpha value is -1.51. The minimum absolute atomic E-state index is 0.0307. The van der Waals surface area contributed by atoms with Gasteiger partial charge >= 0.3 is 11.9 Å². The normalized spacial score (nSPS) is 13.8. The van der Waals surface area contributed by atoms with Gasteiger partial charge in [-0.2, -0.15) is 0 Å². The van der Waals surface area contributed by atoms with Gasteiger partial charge in [0.25, 0.3) is 7.82 Å². The molecule has 9 nitrogen and oxygen atoms in total. The van der Waals surface area contributed by atoms with E-state index in [1.165, 1.54) is 116 Å². The molecule has 0 spiro atoms. The topological polar surface area (TPSA) is 111 Å². The van der Waals surface area contributed by atoms with Gasteiger partial charge in [0.15, 0.2) is 6.10 Å².